The standard InChI is InChI=1S/C90H102O21/c1-83(2,99)75(91)61-33-17-53(18-34-61)71(54-19-35-62(36-20-54)76(92)84(3,4)100)108-51-69(110-73(57-25-41-65(42-26-57)79(95)87(9,10)103)58-27-43-66(44-28-58)80(96)88(11,12)104)49-107-50-70(111-74(59-29-45-67(46-30-59)81(97)89(13,14)105)60-31-47-68(48-32-60)82(98)90(15,16)106)52-109-72(55-21-37-63(38-22-55)77(93)85(5,6)101)56-23-39-64(40-24-56)78(94)86(7,8)102/h17-48,69-74,99-106H,49-52H2,1-16H3. The van der Waals surface area contributed by atoms with Gasteiger partial charge < -0.3 is 64.5 Å². The molecule has 111 heavy (non-hydrogen) atoms. The summed E-state index contributed by atoms with van der Waals surface area (Å²) in [5, 5.41) is 86.3. The number of carbonyl (C=O) groups excluding carboxylic acids is 8. The van der Waals surface area contributed by atoms with Gasteiger partial charge in [-0.25, -0.2) is 0 Å². The number of ether oxygens (including phenoxy) is 5. The maximum atomic E-state index is 13.5. The second-order valence-corrected chi connectivity index (χ2v) is 32.3. The van der Waals surface area contributed by atoms with Gasteiger partial charge in [-0.2, -0.15) is 0 Å². The van der Waals surface area contributed by atoms with Crippen molar-refractivity contribution in [2.45, 2.75) is 192 Å². The molecule has 2 atom stereocenters. The minimum absolute atomic E-state index is 0.175. The molecule has 0 saturated carbocycles. The Morgan fingerprint density at radius 2 is 0.342 bits per heavy atom. The molecular formula is C90H102O21. The van der Waals surface area contributed by atoms with Gasteiger partial charge in [0.15, 0.2) is 46.3 Å². The highest BCUT2D eigenvalue weighted by atomic mass is 16.6. The van der Waals surface area contributed by atoms with Crippen molar-refractivity contribution in [3.63, 3.8) is 0 Å². The van der Waals surface area contributed by atoms with Crippen LogP contribution in [0.4, 0.5) is 0 Å². The van der Waals surface area contributed by atoms with Gasteiger partial charge in [-0.15, -0.1) is 0 Å². The lowest BCUT2D eigenvalue weighted by molar-refractivity contribution is -0.123. The molecule has 0 spiro atoms. The highest BCUT2D eigenvalue weighted by molar-refractivity contribution is 6.05. The van der Waals surface area contributed by atoms with Gasteiger partial charge in [0, 0.05) is 44.5 Å². The molecule has 0 amide bonds. The van der Waals surface area contributed by atoms with E-state index in [0.717, 1.165) is 0 Å². The van der Waals surface area contributed by atoms with Crippen molar-refractivity contribution in [1.29, 1.82) is 0 Å². The van der Waals surface area contributed by atoms with Crippen LogP contribution in [0.5, 0.6) is 0 Å². The first-order valence-corrected chi connectivity index (χ1v) is 36.5. The van der Waals surface area contributed by atoms with Gasteiger partial charge in [0.1, 0.15) is 81.4 Å². The molecule has 0 radical (unpaired) electrons. The summed E-state index contributed by atoms with van der Waals surface area (Å²) >= 11 is 0. The minimum Gasteiger partial charge on any atom is -0.382 e. The van der Waals surface area contributed by atoms with Gasteiger partial charge in [0.2, 0.25) is 0 Å². The monoisotopic (exact) mass is 1520 g/mol. The van der Waals surface area contributed by atoms with E-state index in [4.69, 9.17) is 23.7 Å². The first-order valence-electron chi connectivity index (χ1n) is 36.5. The summed E-state index contributed by atoms with van der Waals surface area (Å²) in [6.07, 6.45) is -6.55. The van der Waals surface area contributed by atoms with E-state index in [1.54, 1.807) is 146 Å². The topological polar surface area (TPSA) is 345 Å². The fourth-order valence-corrected chi connectivity index (χ4v) is 12.1. The summed E-state index contributed by atoms with van der Waals surface area (Å²) in [7, 11) is 0. The lowest BCUT2D eigenvalue weighted by Crippen LogP contribution is -2.34. The summed E-state index contributed by atoms with van der Waals surface area (Å²) in [5.74, 6) is -4.50. The average Bonchev–Trinajstić information content (AvgIpc) is 0.809. The molecule has 0 fully saturated rings. The van der Waals surface area contributed by atoms with Crippen molar-refractivity contribution in [3.8, 4) is 0 Å². The number of aliphatic hydroxyl groups is 8. The highest BCUT2D eigenvalue weighted by Gasteiger charge is 2.36. The molecule has 8 rings (SSSR count). The first-order chi connectivity index (χ1) is 51.4. The van der Waals surface area contributed by atoms with E-state index in [0.29, 0.717) is 44.5 Å². The van der Waals surface area contributed by atoms with Crippen molar-refractivity contribution >= 4 is 46.3 Å². The number of benzene rings is 8. The lowest BCUT2D eigenvalue weighted by Gasteiger charge is -2.30. The molecule has 588 valence electrons. The van der Waals surface area contributed by atoms with Crippen LogP contribution in [0.25, 0.3) is 0 Å². The summed E-state index contributed by atoms with van der Waals surface area (Å²) in [6, 6.07) is 50.9. The van der Waals surface area contributed by atoms with Crippen LogP contribution in [-0.2, 0) is 23.7 Å². The van der Waals surface area contributed by atoms with E-state index in [1.165, 1.54) is 159 Å². The predicted octanol–water partition coefficient (Wildman–Crippen LogP) is 12.6. The van der Waals surface area contributed by atoms with Crippen molar-refractivity contribution in [3.05, 3.63) is 283 Å². The second-order valence-electron chi connectivity index (χ2n) is 32.3. The molecule has 0 saturated heterocycles. The van der Waals surface area contributed by atoms with E-state index < -0.39 is 128 Å². The average molecular weight is 1520 g/mol. The van der Waals surface area contributed by atoms with Crippen LogP contribution in [0, 0.1) is 0 Å². The molecule has 0 bridgehead atoms. The molecule has 0 aliphatic rings. The zero-order chi connectivity index (χ0) is 82.3. The van der Waals surface area contributed by atoms with E-state index >= 15 is 0 Å². The number of ketones is 8. The quantitative estimate of drug-likeness (QED) is 0.0167. The van der Waals surface area contributed by atoms with Crippen molar-refractivity contribution in [2.75, 3.05) is 26.4 Å². The van der Waals surface area contributed by atoms with E-state index in [2.05, 4.69) is 0 Å². The molecule has 2 unspecified atom stereocenters. The Morgan fingerprint density at radius 1 is 0.216 bits per heavy atom. The van der Waals surface area contributed by atoms with Crippen LogP contribution in [0.1, 0.15) is 263 Å². The third-order valence-corrected chi connectivity index (χ3v) is 18.4. The Balaban J connectivity index is 1.30. The minimum atomic E-state index is -1.75. The van der Waals surface area contributed by atoms with E-state index in [-0.39, 0.29) is 70.9 Å². The largest absolute Gasteiger partial charge is 0.382 e. The smallest absolute Gasteiger partial charge is 0.193 e. The number of hydrogen-bond donors (Lipinski definition) is 8. The Kier molecular flexibility index (Phi) is 27.3. The van der Waals surface area contributed by atoms with Crippen LogP contribution in [0.3, 0.4) is 0 Å². The maximum Gasteiger partial charge on any atom is 0.193 e. The zero-order valence-corrected chi connectivity index (χ0v) is 65.7. The number of hydrogen-bond acceptors (Lipinski definition) is 21. The van der Waals surface area contributed by atoms with E-state index in [1.807, 2.05) is 0 Å². The van der Waals surface area contributed by atoms with Crippen LogP contribution in [-0.4, -0.2) is 171 Å². The molecular weight excluding hydrogens is 1420 g/mol. The molecule has 8 aromatic rings. The summed E-state index contributed by atoms with van der Waals surface area (Å²) in [6.45, 7) is 20.5. The van der Waals surface area contributed by atoms with Crippen molar-refractivity contribution < 1.29 is 103 Å². The van der Waals surface area contributed by atoms with Crippen LogP contribution >= 0.6 is 0 Å². The van der Waals surface area contributed by atoms with Crippen LogP contribution in [0.2, 0.25) is 0 Å². The van der Waals surface area contributed by atoms with E-state index in [9.17, 15) is 79.2 Å². The Bertz CT molecular complexity index is 4010. The molecule has 8 N–H and O–H groups in total. The lowest BCUT2D eigenvalue weighted by atomic mass is 9.92. The molecule has 21 heteroatoms. The predicted molar refractivity (Wildman–Crippen MR) is 416 cm³/mol. The highest BCUT2D eigenvalue weighted by Crippen LogP contribution is 2.37. The summed E-state index contributed by atoms with van der Waals surface area (Å²) in [4.78, 5) is 108. The van der Waals surface area contributed by atoms with Gasteiger partial charge in [-0.05, 0) is 155 Å². The molecule has 0 aliphatic carbocycles. The zero-order valence-electron chi connectivity index (χ0n) is 65.7. The normalized spacial score (nSPS) is 13.4. The maximum absolute atomic E-state index is 13.5. The summed E-state index contributed by atoms with van der Waals surface area (Å²) < 4.78 is 35.5. The number of Topliss-reactive ketones (excluding diaryl/α,β-unsaturated/α-hetero) is 8. The van der Waals surface area contributed by atoms with Gasteiger partial charge in [0.25, 0.3) is 0 Å². The van der Waals surface area contributed by atoms with Crippen molar-refractivity contribution in [2.24, 2.45) is 0 Å². The first kappa shape index (κ1) is 87.2. The van der Waals surface area contributed by atoms with Gasteiger partial charge in [0.05, 0.1) is 26.4 Å². The van der Waals surface area contributed by atoms with Gasteiger partial charge in [-0.3, -0.25) is 38.4 Å². The number of carbonyl (C=O) groups is 8. The van der Waals surface area contributed by atoms with Gasteiger partial charge in [-0.1, -0.05) is 194 Å². The fraction of sp³-hybridized carbons (Fsp3) is 0.378. The molecule has 0 aliphatic heterocycles. The third-order valence-electron chi connectivity index (χ3n) is 18.4. The van der Waals surface area contributed by atoms with Gasteiger partial charge >= 0.3 is 0 Å². The molecule has 21 nitrogen and oxygen atoms in total. The van der Waals surface area contributed by atoms with Crippen LogP contribution < -0.4 is 0 Å². The Labute approximate surface area is 647 Å². The second kappa shape index (κ2) is 34.7. The van der Waals surface area contributed by atoms with Crippen molar-refractivity contribution in [1.82, 2.24) is 0 Å². The fourth-order valence-electron chi connectivity index (χ4n) is 12.1. The third kappa shape index (κ3) is 22.9. The SMILES string of the molecule is CC(C)(O)C(=O)c1ccc(C(OCC(COCC(COC(c2ccc(C(=O)C(C)(C)O)cc2)c2ccc(C(=O)C(C)(C)O)cc2)OC(c2ccc(C(=O)C(C)(C)O)cc2)c2ccc(C(=O)C(C)(C)O)cc2)OC(c2ccc(C(=O)C(C)(C)O)cc2)c2ccc(C(=O)C(C)(C)O)cc2)c2ccc(C(=O)C(C)(C)O)cc2)cc1. The van der Waals surface area contributed by atoms with Crippen LogP contribution in [0.15, 0.2) is 194 Å². The number of rotatable bonds is 38. The summed E-state index contributed by atoms with van der Waals surface area (Å²) in [5.41, 5.74) is -8.57. The Hall–Kier alpha value is -9.40. The molecule has 8 aromatic carbocycles. The Morgan fingerprint density at radius 3 is 0.468 bits per heavy atom. The molecule has 0 heterocycles. The molecule has 0 aromatic heterocycles.